The Morgan fingerprint density at radius 2 is 2.19 bits per heavy atom. The summed E-state index contributed by atoms with van der Waals surface area (Å²) in [5.74, 6) is 0.500. The molecule has 0 saturated heterocycles. The first kappa shape index (κ1) is 17.2. The summed E-state index contributed by atoms with van der Waals surface area (Å²) < 4.78 is 8.23. The van der Waals surface area contributed by atoms with Crippen LogP contribution in [0.15, 0.2) is 57.6 Å². The molecule has 1 amide bonds. The summed E-state index contributed by atoms with van der Waals surface area (Å²) in [5, 5.41) is 6.41. The number of aromatic nitrogens is 4. The van der Waals surface area contributed by atoms with Crippen LogP contribution in [0.4, 0.5) is 0 Å². The maximum absolute atomic E-state index is 12.9. The number of hydrogen-bond donors (Lipinski definition) is 0. The molecule has 0 bridgehead atoms. The van der Waals surface area contributed by atoms with Gasteiger partial charge in [0.1, 0.15) is 24.0 Å². The van der Waals surface area contributed by atoms with E-state index < -0.39 is 0 Å². The van der Waals surface area contributed by atoms with Crippen molar-refractivity contribution in [3.63, 3.8) is 0 Å². The SMILES string of the molecule is Cn1ncc2c(=O)n(CC(=O)N(Cc3ccco3)Cc3cccs3)cnc21. The van der Waals surface area contributed by atoms with Crippen molar-refractivity contribution < 1.29 is 9.21 Å². The highest BCUT2D eigenvalue weighted by atomic mass is 32.1. The predicted molar refractivity (Wildman–Crippen MR) is 100 cm³/mol. The summed E-state index contributed by atoms with van der Waals surface area (Å²) in [6.07, 6.45) is 4.44. The van der Waals surface area contributed by atoms with E-state index in [-0.39, 0.29) is 18.0 Å². The summed E-state index contributed by atoms with van der Waals surface area (Å²) in [7, 11) is 1.72. The normalized spacial score (nSPS) is 11.1. The van der Waals surface area contributed by atoms with E-state index in [1.807, 2.05) is 23.6 Å². The molecule has 4 rings (SSSR count). The van der Waals surface area contributed by atoms with E-state index in [0.29, 0.717) is 29.9 Å². The van der Waals surface area contributed by atoms with Gasteiger partial charge in [-0.3, -0.25) is 18.8 Å². The maximum atomic E-state index is 12.9. The first-order valence-corrected chi connectivity index (χ1v) is 9.19. The van der Waals surface area contributed by atoms with Crippen LogP contribution in [0.1, 0.15) is 10.6 Å². The second-order valence-electron chi connectivity index (χ2n) is 6.09. The molecule has 0 N–H and O–H groups in total. The highest BCUT2D eigenvalue weighted by Gasteiger charge is 2.18. The minimum Gasteiger partial charge on any atom is -0.467 e. The Hall–Kier alpha value is -3.20. The number of carbonyl (C=O) groups is 1. The molecule has 138 valence electrons. The third kappa shape index (κ3) is 3.54. The van der Waals surface area contributed by atoms with Gasteiger partial charge in [-0.05, 0) is 23.6 Å². The fourth-order valence-corrected chi connectivity index (χ4v) is 3.56. The van der Waals surface area contributed by atoms with Crippen molar-refractivity contribution in [3.05, 3.63) is 69.4 Å². The van der Waals surface area contributed by atoms with E-state index in [0.717, 1.165) is 4.88 Å². The number of amides is 1. The van der Waals surface area contributed by atoms with Crippen LogP contribution in [-0.4, -0.2) is 30.1 Å². The highest BCUT2D eigenvalue weighted by Crippen LogP contribution is 2.15. The average Bonchev–Trinajstić information content (AvgIpc) is 3.40. The van der Waals surface area contributed by atoms with Gasteiger partial charge in [-0.1, -0.05) is 6.07 Å². The zero-order valence-corrected chi connectivity index (χ0v) is 15.4. The third-order valence-corrected chi connectivity index (χ3v) is 5.09. The second kappa shape index (κ2) is 7.20. The molecule has 0 spiro atoms. The molecule has 4 aromatic rings. The third-order valence-electron chi connectivity index (χ3n) is 4.23. The molecule has 4 aromatic heterocycles. The quantitative estimate of drug-likeness (QED) is 0.508. The molecule has 4 heterocycles. The van der Waals surface area contributed by atoms with Gasteiger partial charge in [-0.2, -0.15) is 5.10 Å². The van der Waals surface area contributed by atoms with Crippen molar-refractivity contribution in [2.24, 2.45) is 7.05 Å². The van der Waals surface area contributed by atoms with Crippen LogP contribution in [0.3, 0.4) is 0 Å². The van der Waals surface area contributed by atoms with Crippen LogP contribution in [0.5, 0.6) is 0 Å². The van der Waals surface area contributed by atoms with Gasteiger partial charge in [-0.15, -0.1) is 11.3 Å². The molecular formula is C18H17N5O3S. The first-order chi connectivity index (χ1) is 13.1. The molecule has 0 radical (unpaired) electrons. The van der Waals surface area contributed by atoms with Crippen molar-refractivity contribution >= 4 is 28.3 Å². The van der Waals surface area contributed by atoms with Gasteiger partial charge >= 0.3 is 0 Å². The van der Waals surface area contributed by atoms with Gasteiger partial charge in [0.2, 0.25) is 5.91 Å². The fourth-order valence-electron chi connectivity index (χ4n) is 2.84. The highest BCUT2D eigenvalue weighted by molar-refractivity contribution is 7.09. The topological polar surface area (TPSA) is 86.2 Å². The Labute approximate surface area is 158 Å². The van der Waals surface area contributed by atoms with Crippen LogP contribution in [0.25, 0.3) is 11.0 Å². The molecule has 0 aliphatic heterocycles. The zero-order chi connectivity index (χ0) is 18.8. The molecular weight excluding hydrogens is 366 g/mol. The van der Waals surface area contributed by atoms with Gasteiger partial charge in [0.25, 0.3) is 5.56 Å². The molecule has 0 unspecified atom stereocenters. The molecule has 0 fully saturated rings. The second-order valence-corrected chi connectivity index (χ2v) is 7.12. The van der Waals surface area contributed by atoms with Crippen molar-refractivity contribution in [3.8, 4) is 0 Å². The van der Waals surface area contributed by atoms with Gasteiger partial charge in [0.15, 0.2) is 5.65 Å². The molecule has 8 nitrogen and oxygen atoms in total. The zero-order valence-electron chi connectivity index (χ0n) is 14.6. The van der Waals surface area contributed by atoms with E-state index >= 15 is 0 Å². The Morgan fingerprint density at radius 1 is 1.30 bits per heavy atom. The summed E-state index contributed by atoms with van der Waals surface area (Å²) in [6.45, 7) is 0.693. The monoisotopic (exact) mass is 383 g/mol. The van der Waals surface area contributed by atoms with Crippen molar-refractivity contribution in [1.29, 1.82) is 0 Å². The lowest BCUT2D eigenvalue weighted by Gasteiger charge is -2.21. The molecule has 0 aliphatic carbocycles. The standard InChI is InChI=1S/C18H17N5O3S/c1-21-17-15(8-20-21)18(25)23(12-19-17)11-16(24)22(9-13-4-2-6-26-13)10-14-5-3-7-27-14/h2-8,12H,9-11H2,1H3. The number of furan rings is 1. The van der Waals surface area contributed by atoms with Gasteiger partial charge in [-0.25, -0.2) is 4.98 Å². The molecule has 9 heteroatoms. The number of aryl methyl sites for hydroxylation is 1. The summed E-state index contributed by atoms with van der Waals surface area (Å²) >= 11 is 1.58. The Balaban J connectivity index is 1.59. The average molecular weight is 383 g/mol. The van der Waals surface area contributed by atoms with Crippen LogP contribution < -0.4 is 5.56 Å². The maximum Gasteiger partial charge on any atom is 0.264 e. The summed E-state index contributed by atoms with van der Waals surface area (Å²) in [6, 6.07) is 7.53. The summed E-state index contributed by atoms with van der Waals surface area (Å²) in [4.78, 5) is 32.5. The fraction of sp³-hybridized carbons (Fsp3) is 0.222. The minimum absolute atomic E-state index is 0.0945. The number of fused-ring (bicyclic) bond motifs is 1. The molecule has 0 aliphatic rings. The van der Waals surface area contributed by atoms with Crippen LogP contribution in [0.2, 0.25) is 0 Å². The number of carbonyl (C=O) groups excluding carboxylic acids is 1. The number of thiophene rings is 1. The Morgan fingerprint density at radius 3 is 2.93 bits per heavy atom. The first-order valence-electron chi connectivity index (χ1n) is 8.31. The van der Waals surface area contributed by atoms with Gasteiger partial charge < -0.3 is 9.32 Å². The van der Waals surface area contributed by atoms with Gasteiger partial charge in [0, 0.05) is 11.9 Å². The number of rotatable bonds is 6. The smallest absolute Gasteiger partial charge is 0.264 e. The van der Waals surface area contributed by atoms with Crippen LogP contribution >= 0.6 is 11.3 Å². The van der Waals surface area contributed by atoms with E-state index in [4.69, 9.17) is 4.42 Å². The molecule has 0 atom stereocenters. The summed E-state index contributed by atoms with van der Waals surface area (Å²) in [5.41, 5.74) is 0.213. The Kier molecular flexibility index (Phi) is 4.59. The number of nitrogens with zero attached hydrogens (tertiary/aromatic N) is 5. The van der Waals surface area contributed by atoms with E-state index in [1.165, 1.54) is 21.8 Å². The van der Waals surface area contributed by atoms with Crippen molar-refractivity contribution in [2.45, 2.75) is 19.6 Å². The lowest BCUT2D eigenvalue weighted by molar-refractivity contribution is -0.133. The predicted octanol–water partition coefficient (Wildman–Crippen LogP) is 2.01. The van der Waals surface area contributed by atoms with Crippen LogP contribution in [-0.2, 0) is 31.5 Å². The molecule has 27 heavy (non-hydrogen) atoms. The van der Waals surface area contributed by atoms with Gasteiger partial charge in [0.05, 0.1) is 25.5 Å². The molecule has 0 aromatic carbocycles. The van der Waals surface area contributed by atoms with Crippen molar-refractivity contribution in [2.75, 3.05) is 0 Å². The van der Waals surface area contributed by atoms with E-state index in [9.17, 15) is 9.59 Å². The number of hydrogen-bond acceptors (Lipinski definition) is 6. The largest absolute Gasteiger partial charge is 0.467 e. The van der Waals surface area contributed by atoms with E-state index in [2.05, 4.69) is 10.1 Å². The van der Waals surface area contributed by atoms with Crippen LogP contribution in [0, 0.1) is 0 Å². The van der Waals surface area contributed by atoms with Crippen molar-refractivity contribution in [1.82, 2.24) is 24.2 Å². The lowest BCUT2D eigenvalue weighted by atomic mass is 10.3. The molecule has 0 saturated carbocycles. The minimum atomic E-state index is -0.282. The van der Waals surface area contributed by atoms with E-state index in [1.54, 1.807) is 35.6 Å². The Bertz CT molecular complexity index is 1080. The lowest BCUT2D eigenvalue weighted by Crippen LogP contribution is -2.35.